The smallest absolute Gasteiger partial charge is 0.370 e. The molecule has 0 aliphatic rings. The molecule has 4 N–H and O–H groups in total. The van der Waals surface area contributed by atoms with Crippen molar-refractivity contribution >= 4 is 13.7 Å². The van der Waals surface area contributed by atoms with Gasteiger partial charge < -0.3 is 11.5 Å². The maximum absolute atomic E-state index is 12.0. The van der Waals surface area contributed by atoms with Gasteiger partial charge in [0.1, 0.15) is 0 Å². The Labute approximate surface area is 100 Å². The zero-order valence-electron chi connectivity index (χ0n) is 9.57. The number of nitrogens with zero attached hydrogens (tertiary/aromatic N) is 1. The second-order valence-electron chi connectivity index (χ2n) is 3.17. The summed E-state index contributed by atoms with van der Waals surface area (Å²) in [6, 6.07) is 9.26. The molecule has 0 spiro atoms. The summed E-state index contributed by atoms with van der Waals surface area (Å²) in [4.78, 5) is 0. The minimum Gasteiger partial charge on any atom is -0.370 e. The van der Waals surface area contributed by atoms with E-state index < -0.39 is 7.75 Å². The Morgan fingerprint density at radius 2 is 1.94 bits per heavy atom. The molecule has 0 radical (unpaired) electrons. The molecule has 0 aliphatic heterocycles. The molecule has 0 saturated carbocycles. The molecular weight excluding hydrogens is 241 g/mol. The number of guanidine groups is 1. The van der Waals surface area contributed by atoms with Crippen molar-refractivity contribution in [2.24, 2.45) is 16.2 Å². The molecule has 0 amide bonds. The van der Waals surface area contributed by atoms with Gasteiger partial charge in [0.25, 0.3) is 0 Å². The van der Waals surface area contributed by atoms with Crippen LogP contribution in [0.15, 0.2) is 35.1 Å². The number of hydrogen-bond donors (Lipinski definition) is 2. The van der Waals surface area contributed by atoms with Gasteiger partial charge in [-0.2, -0.15) is 0 Å². The second-order valence-corrected chi connectivity index (χ2v) is 4.82. The first kappa shape index (κ1) is 13.7. The van der Waals surface area contributed by atoms with Crippen LogP contribution in [0.3, 0.4) is 0 Å². The van der Waals surface area contributed by atoms with Crippen LogP contribution in [0.4, 0.5) is 0 Å². The average molecular weight is 257 g/mol. The first-order valence-corrected chi connectivity index (χ1v) is 6.59. The summed E-state index contributed by atoms with van der Waals surface area (Å²) in [6.45, 7) is 2.00. The van der Waals surface area contributed by atoms with E-state index in [1.54, 1.807) is 6.92 Å². The Balaban J connectivity index is 2.69. The van der Waals surface area contributed by atoms with Gasteiger partial charge in [-0.15, -0.1) is 4.76 Å². The lowest BCUT2D eigenvalue weighted by Gasteiger charge is -2.13. The fourth-order valence-corrected chi connectivity index (χ4v) is 2.24. The summed E-state index contributed by atoms with van der Waals surface area (Å²) in [5.41, 5.74) is 11.2. The number of hydrogen-bond acceptors (Lipinski definition) is 3. The van der Waals surface area contributed by atoms with Crippen molar-refractivity contribution in [1.82, 2.24) is 0 Å². The normalized spacial score (nSPS) is 13.9. The molecule has 6 nitrogen and oxygen atoms in total. The van der Waals surface area contributed by atoms with Gasteiger partial charge >= 0.3 is 7.75 Å². The third-order valence-electron chi connectivity index (χ3n) is 1.77. The van der Waals surface area contributed by atoms with E-state index in [1.807, 2.05) is 30.3 Å². The average Bonchev–Trinajstić information content (AvgIpc) is 2.27. The molecule has 0 saturated heterocycles. The largest absolute Gasteiger partial charge is 0.457 e. The van der Waals surface area contributed by atoms with Gasteiger partial charge in [0.2, 0.25) is 0 Å². The predicted molar refractivity (Wildman–Crippen MR) is 66.3 cm³/mol. The highest BCUT2D eigenvalue weighted by atomic mass is 31.2. The molecule has 7 heteroatoms. The van der Waals surface area contributed by atoms with Crippen molar-refractivity contribution in [1.29, 1.82) is 0 Å². The van der Waals surface area contributed by atoms with E-state index in [-0.39, 0.29) is 19.2 Å². The van der Waals surface area contributed by atoms with Crippen LogP contribution in [0.5, 0.6) is 0 Å². The Kier molecular flexibility index (Phi) is 5.15. The van der Waals surface area contributed by atoms with Crippen molar-refractivity contribution in [3.63, 3.8) is 0 Å². The molecule has 0 fully saturated rings. The fourth-order valence-electron chi connectivity index (χ4n) is 1.13. The number of rotatable bonds is 6. The lowest BCUT2D eigenvalue weighted by molar-refractivity contribution is 0.205. The van der Waals surface area contributed by atoms with Crippen LogP contribution < -0.4 is 11.5 Å². The third-order valence-corrected chi connectivity index (χ3v) is 3.28. The van der Waals surface area contributed by atoms with Crippen molar-refractivity contribution < 1.29 is 13.6 Å². The standard InChI is InChI=1S/C10H16N3O3P/c1-2-15-17(14,13-10(11)12)16-8-9-6-4-3-5-7-9/h3-7H,2,8H2,1H3,(H4,11,12,13,14). The zero-order chi connectivity index (χ0) is 12.7. The molecule has 0 heterocycles. The topological polar surface area (TPSA) is 99.9 Å². The molecule has 0 aliphatic carbocycles. The van der Waals surface area contributed by atoms with Gasteiger partial charge in [-0.25, -0.2) is 4.57 Å². The maximum atomic E-state index is 12.0. The first-order valence-electron chi connectivity index (χ1n) is 5.10. The van der Waals surface area contributed by atoms with Crippen molar-refractivity contribution in [2.75, 3.05) is 6.61 Å². The summed E-state index contributed by atoms with van der Waals surface area (Å²) in [5.74, 6) is -0.324. The van der Waals surface area contributed by atoms with Gasteiger partial charge in [-0.05, 0) is 12.5 Å². The van der Waals surface area contributed by atoms with Crippen LogP contribution >= 0.6 is 7.75 Å². The number of benzene rings is 1. The molecular formula is C10H16N3O3P. The van der Waals surface area contributed by atoms with Crippen LogP contribution in [0, 0.1) is 0 Å². The summed E-state index contributed by atoms with van der Waals surface area (Å²) < 4.78 is 25.6. The number of nitrogens with two attached hydrogens (primary N) is 2. The van der Waals surface area contributed by atoms with Crippen molar-refractivity contribution in [3.05, 3.63) is 35.9 Å². The highest BCUT2D eigenvalue weighted by molar-refractivity contribution is 7.52. The highest BCUT2D eigenvalue weighted by Gasteiger charge is 2.23. The Morgan fingerprint density at radius 1 is 1.29 bits per heavy atom. The lowest BCUT2D eigenvalue weighted by Crippen LogP contribution is -2.22. The van der Waals surface area contributed by atoms with Crippen LogP contribution in [0.25, 0.3) is 0 Å². The van der Waals surface area contributed by atoms with Gasteiger partial charge in [-0.3, -0.25) is 9.05 Å². The fraction of sp³-hybridized carbons (Fsp3) is 0.300. The van der Waals surface area contributed by atoms with E-state index in [2.05, 4.69) is 4.76 Å². The van der Waals surface area contributed by atoms with E-state index in [4.69, 9.17) is 20.5 Å². The van der Waals surface area contributed by atoms with Gasteiger partial charge in [0, 0.05) is 0 Å². The van der Waals surface area contributed by atoms with Gasteiger partial charge in [-0.1, -0.05) is 30.3 Å². The summed E-state index contributed by atoms with van der Waals surface area (Å²) in [5, 5.41) is 0. The van der Waals surface area contributed by atoms with Crippen molar-refractivity contribution in [3.8, 4) is 0 Å². The van der Waals surface area contributed by atoms with Crippen molar-refractivity contribution in [2.45, 2.75) is 13.5 Å². The molecule has 94 valence electrons. The second kappa shape index (κ2) is 6.39. The zero-order valence-corrected chi connectivity index (χ0v) is 10.5. The summed E-state index contributed by atoms with van der Waals surface area (Å²) >= 11 is 0. The minimum atomic E-state index is -3.60. The van der Waals surface area contributed by atoms with Crippen LogP contribution in [0.1, 0.15) is 12.5 Å². The van der Waals surface area contributed by atoms with E-state index >= 15 is 0 Å². The highest BCUT2D eigenvalue weighted by Crippen LogP contribution is 2.50. The molecule has 17 heavy (non-hydrogen) atoms. The quantitative estimate of drug-likeness (QED) is 0.458. The first-order chi connectivity index (χ1) is 8.06. The Bertz CT molecular complexity index is 418. The van der Waals surface area contributed by atoms with Crippen LogP contribution in [-0.2, 0) is 20.2 Å². The van der Waals surface area contributed by atoms with E-state index in [0.717, 1.165) is 5.56 Å². The van der Waals surface area contributed by atoms with Crippen LogP contribution in [-0.4, -0.2) is 12.6 Å². The van der Waals surface area contributed by atoms with Gasteiger partial charge in [0.05, 0.1) is 13.2 Å². The maximum Gasteiger partial charge on any atom is 0.457 e. The molecule has 1 atom stereocenters. The van der Waals surface area contributed by atoms with E-state index in [1.165, 1.54) is 0 Å². The molecule has 0 aromatic heterocycles. The summed E-state index contributed by atoms with van der Waals surface area (Å²) in [6.07, 6.45) is 0. The molecule has 0 bridgehead atoms. The minimum absolute atomic E-state index is 0.120. The molecule has 1 aromatic rings. The predicted octanol–water partition coefficient (Wildman–Crippen LogP) is 1.62. The Hall–Kier alpha value is -1.36. The lowest BCUT2D eigenvalue weighted by atomic mass is 10.2. The SMILES string of the molecule is CCOP(=O)(N=C(N)N)OCc1ccccc1. The van der Waals surface area contributed by atoms with Crippen LogP contribution in [0.2, 0.25) is 0 Å². The molecule has 1 aromatic carbocycles. The Morgan fingerprint density at radius 3 is 2.47 bits per heavy atom. The monoisotopic (exact) mass is 257 g/mol. The summed E-state index contributed by atoms with van der Waals surface area (Å²) in [7, 11) is -3.60. The third kappa shape index (κ3) is 4.99. The van der Waals surface area contributed by atoms with E-state index in [0.29, 0.717) is 0 Å². The van der Waals surface area contributed by atoms with Gasteiger partial charge in [0.15, 0.2) is 5.96 Å². The van der Waals surface area contributed by atoms with E-state index in [9.17, 15) is 4.57 Å². The molecule has 1 unspecified atom stereocenters. The molecule has 1 rings (SSSR count).